The number of esters is 1. The molecule has 0 spiro atoms. The maximum Gasteiger partial charge on any atom is 0.310 e. The smallest absolute Gasteiger partial charge is 0.310 e. The van der Waals surface area contributed by atoms with E-state index in [0.29, 0.717) is 30.9 Å². The van der Waals surface area contributed by atoms with Crippen LogP contribution in [0.4, 0.5) is 5.69 Å². The molecule has 3 rings (SSSR count). The summed E-state index contributed by atoms with van der Waals surface area (Å²) in [5.74, 6) is -0.661. The van der Waals surface area contributed by atoms with E-state index in [4.69, 9.17) is 4.74 Å². The van der Waals surface area contributed by atoms with Crippen LogP contribution in [-0.2, 0) is 14.3 Å². The number of likely N-dealkylation sites (tertiary alicyclic amines) is 1. The number of rotatable bonds is 3. The van der Waals surface area contributed by atoms with Crippen LogP contribution in [0.5, 0.6) is 0 Å². The molecule has 2 aliphatic rings. The number of benzene rings is 1. The second-order valence-electron chi connectivity index (χ2n) is 6.30. The molecule has 0 aromatic heterocycles. The number of ether oxygens (including phenoxy) is 1. The van der Waals surface area contributed by atoms with Crippen LogP contribution in [0.3, 0.4) is 0 Å². The highest BCUT2D eigenvalue weighted by Crippen LogP contribution is 2.36. The molecule has 2 atom stereocenters. The number of hydrogen-bond acceptors (Lipinski definition) is 5. The van der Waals surface area contributed by atoms with Crippen LogP contribution in [0.25, 0.3) is 0 Å². The number of amides is 2. The number of thioether (sulfide) groups is 1. The number of anilines is 1. The van der Waals surface area contributed by atoms with Crippen molar-refractivity contribution in [3.8, 4) is 0 Å². The van der Waals surface area contributed by atoms with Gasteiger partial charge in [-0.05, 0) is 44.9 Å². The Morgan fingerprint density at radius 2 is 2.20 bits per heavy atom. The summed E-state index contributed by atoms with van der Waals surface area (Å²) < 4.78 is 5.08. The van der Waals surface area contributed by atoms with Crippen molar-refractivity contribution >= 4 is 35.2 Å². The van der Waals surface area contributed by atoms with Crippen molar-refractivity contribution in [3.63, 3.8) is 0 Å². The van der Waals surface area contributed by atoms with Crippen LogP contribution in [0, 0.1) is 5.92 Å². The maximum atomic E-state index is 12.8. The van der Waals surface area contributed by atoms with Gasteiger partial charge < -0.3 is 15.0 Å². The zero-order chi connectivity index (χ0) is 18.0. The van der Waals surface area contributed by atoms with E-state index >= 15 is 0 Å². The largest absolute Gasteiger partial charge is 0.466 e. The Bertz CT molecular complexity index is 706. The molecule has 1 saturated heterocycles. The van der Waals surface area contributed by atoms with Crippen molar-refractivity contribution in [1.29, 1.82) is 0 Å². The first kappa shape index (κ1) is 17.8. The molecule has 25 heavy (non-hydrogen) atoms. The van der Waals surface area contributed by atoms with Gasteiger partial charge in [-0.1, -0.05) is 0 Å². The van der Waals surface area contributed by atoms with E-state index in [0.717, 1.165) is 17.7 Å². The van der Waals surface area contributed by atoms with Crippen molar-refractivity contribution in [3.05, 3.63) is 23.8 Å². The Kier molecular flexibility index (Phi) is 5.32. The minimum absolute atomic E-state index is 0.0533. The highest BCUT2D eigenvalue weighted by atomic mass is 32.2. The number of carbonyl (C=O) groups excluding carboxylic acids is 3. The minimum Gasteiger partial charge on any atom is -0.466 e. The molecule has 0 unspecified atom stereocenters. The molecule has 1 fully saturated rings. The molecule has 2 heterocycles. The van der Waals surface area contributed by atoms with Crippen LogP contribution in [0.1, 0.15) is 37.0 Å². The quantitative estimate of drug-likeness (QED) is 0.836. The standard InChI is InChI=1S/C18H22N2O4S/c1-3-24-18(23)13-5-4-8-20(10-13)17(22)12-6-7-15-14(9-12)19-16(21)11(2)25-15/h6-7,9,11,13H,3-5,8,10H2,1-2H3,(H,19,21)/t11-,13+/m0/s1. The van der Waals surface area contributed by atoms with Gasteiger partial charge in [0, 0.05) is 23.5 Å². The van der Waals surface area contributed by atoms with Gasteiger partial charge in [-0.3, -0.25) is 14.4 Å². The summed E-state index contributed by atoms with van der Waals surface area (Å²) in [6, 6.07) is 5.38. The predicted molar refractivity (Wildman–Crippen MR) is 95.7 cm³/mol. The van der Waals surface area contributed by atoms with Crippen LogP contribution >= 0.6 is 11.8 Å². The number of hydrogen-bond donors (Lipinski definition) is 1. The fourth-order valence-corrected chi connectivity index (χ4v) is 4.07. The number of piperidine rings is 1. The molecule has 2 amide bonds. The SMILES string of the molecule is CCOC(=O)[C@@H]1CCCN(C(=O)c2ccc3c(c2)NC(=O)[C@H](C)S3)C1. The van der Waals surface area contributed by atoms with E-state index in [9.17, 15) is 14.4 Å². The van der Waals surface area contributed by atoms with Crippen LogP contribution < -0.4 is 5.32 Å². The summed E-state index contributed by atoms with van der Waals surface area (Å²) in [4.78, 5) is 39.3. The molecule has 1 N–H and O–H groups in total. The number of nitrogens with one attached hydrogen (secondary N) is 1. The molecule has 1 aromatic carbocycles. The number of carbonyl (C=O) groups is 3. The fraction of sp³-hybridized carbons (Fsp3) is 0.500. The lowest BCUT2D eigenvalue weighted by Gasteiger charge is -2.32. The van der Waals surface area contributed by atoms with Crippen molar-refractivity contribution in [2.45, 2.75) is 36.8 Å². The molecular weight excluding hydrogens is 340 g/mol. The first-order chi connectivity index (χ1) is 12.0. The Morgan fingerprint density at radius 1 is 1.40 bits per heavy atom. The van der Waals surface area contributed by atoms with Gasteiger partial charge >= 0.3 is 5.97 Å². The summed E-state index contributed by atoms with van der Waals surface area (Å²) in [5.41, 5.74) is 1.21. The lowest BCUT2D eigenvalue weighted by Crippen LogP contribution is -2.42. The molecule has 0 radical (unpaired) electrons. The molecule has 6 nitrogen and oxygen atoms in total. The number of fused-ring (bicyclic) bond motifs is 1. The second-order valence-corrected chi connectivity index (χ2v) is 7.69. The summed E-state index contributed by atoms with van der Waals surface area (Å²) in [6.07, 6.45) is 1.53. The van der Waals surface area contributed by atoms with Gasteiger partial charge in [0.05, 0.1) is 23.5 Å². The third kappa shape index (κ3) is 3.81. The van der Waals surface area contributed by atoms with Crippen LogP contribution in [0.2, 0.25) is 0 Å². The van der Waals surface area contributed by atoms with Crippen molar-refractivity contribution in [2.24, 2.45) is 5.92 Å². The number of nitrogens with zero attached hydrogens (tertiary/aromatic N) is 1. The first-order valence-electron chi connectivity index (χ1n) is 8.57. The van der Waals surface area contributed by atoms with Gasteiger partial charge in [0.2, 0.25) is 5.91 Å². The Labute approximate surface area is 151 Å². The monoisotopic (exact) mass is 362 g/mol. The summed E-state index contributed by atoms with van der Waals surface area (Å²) >= 11 is 1.49. The molecule has 0 saturated carbocycles. The van der Waals surface area contributed by atoms with Gasteiger partial charge in [-0.15, -0.1) is 11.8 Å². The van der Waals surface area contributed by atoms with Crippen molar-refractivity contribution in [2.75, 3.05) is 25.0 Å². The minimum atomic E-state index is -0.258. The van der Waals surface area contributed by atoms with Gasteiger partial charge in [0.25, 0.3) is 5.91 Å². The zero-order valence-electron chi connectivity index (χ0n) is 14.4. The highest BCUT2D eigenvalue weighted by molar-refractivity contribution is 8.00. The molecule has 7 heteroatoms. The van der Waals surface area contributed by atoms with E-state index in [-0.39, 0.29) is 29.0 Å². The highest BCUT2D eigenvalue weighted by Gasteiger charge is 2.30. The maximum absolute atomic E-state index is 12.8. The zero-order valence-corrected chi connectivity index (χ0v) is 15.2. The third-order valence-corrected chi connectivity index (χ3v) is 5.66. The normalized spacial score (nSPS) is 22.8. The lowest BCUT2D eigenvalue weighted by atomic mass is 9.97. The molecule has 134 valence electrons. The van der Waals surface area contributed by atoms with E-state index in [1.54, 1.807) is 24.0 Å². The van der Waals surface area contributed by atoms with E-state index in [2.05, 4.69) is 5.32 Å². The summed E-state index contributed by atoms with van der Waals surface area (Å²) in [7, 11) is 0. The van der Waals surface area contributed by atoms with E-state index in [1.807, 2.05) is 13.0 Å². The Hall–Kier alpha value is -2.02. The first-order valence-corrected chi connectivity index (χ1v) is 9.45. The molecule has 2 aliphatic heterocycles. The average Bonchev–Trinajstić information content (AvgIpc) is 2.62. The van der Waals surface area contributed by atoms with Crippen molar-refractivity contribution in [1.82, 2.24) is 4.90 Å². The molecule has 0 bridgehead atoms. The van der Waals surface area contributed by atoms with Crippen LogP contribution in [0.15, 0.2) is 23.1 Å². The van der Waals surface area contributed by atoms with Gasteiger partial charge in [-0.2, -0.15) is 0 Å². The molecule has 0 aliphatic carbocycles. The second kappa shape index (κ2) is 7.47. The summed E-state index contributed by atoms with van der Waals surface area (Å²) in [5, 5.41) is 2.71. The fourth-order valence-electron chi connectivity index (χ4n) is 3.14. The average molecular weight is 362 g/mol. The van der Waals surface area contributed by atoms with Crippen molar-refractivity contribution < 1.29 is 19.1 Å². The lowest BCUT2D eigenvalue weighted by molar-refractivity contribution is -0.149. The predicted octanol–water partition coefficient (Wildman–Crippen LogP) is 2.53. The van der Waals surface area contributed by atoms with E-state index in [1.165, 1.54) is 11.8 Å². The third-order valence-electron chi connectivity index (χ3n) is 4.49. The van der Waals surface area contributed by atoms with Crippen LogP contribution in [-0.4, -0.2) is 47.6 Å². The Morgan fingerprint density at radius 3 is 2.96 bits per heavy atom. The van der Waals surface area contributed by atoms with Gasteiger partial charge in [0.1, 0.15) is 0 Å². The van der Waals surface area contributed by atoms with Gasteiger partial charge in [0.15, 0.2) is 0 Å². The molecule has 1 aromatic rings. The molecular formula is C18H22N2O4S. The Balaban J connectivity index is 1.74. The van der Waals surface area contributed by atoms with E-state index < -0.39 is 0 Å². The topological polar surface area (TPSA) is 75.7 Å². The summed E-state index contributed by atoms with van der Waals surface area (Å²) in [6.45, 7) is 5.00. The van der Waals surface area contributed by atoms with Gasteiger partial charge in [-0.25, -0.2) is 0 Å².